The summed E-state index contributed by atoms with van der Waals surface area (Å²) in [5.41, 5.74) is 0.524. The van der Waals surface area contributed by atoms with Crippen LogP contribution in [0, 0.1) is 0 Å². The Hall–Kier alpha value is -2.56. The zero-order valence-corrected chi connectivity index (χ0v) is 12.1. The fraction of sp³-hybridized carbons (Fsp3) is 0.250. The minimum Gasteiger partial charge on any atom is -0.496 e. The van der Waals surface area contributed by atoms with Gasteiger partial charge in [0, 0.05) is 17.5 Å². The second-order valence-corrected chi connectivity index (χ2v) is 4.50. The SMILES string of the molecule is CCNC(=O)CNC(=O)c1ccc(OC)c2ccccc12. The highest BCUT2D eigenvalue weighted by molar-refractivity contribution is 6.09. The molecule has 110 valence electrons. The Labute approximate surface area is 123 Å². The maximum Gasteiger partial charge on any atom is 0.252 e. The number of hydrogen-bond donors (Lipinski definition) is 2. The van der Waals surface area contributed by atoms with Gasteiger partial charge >= 0.3 is 0 Å². The lowest BCUT2D eigenvalue weighted by Crippen LogP contribution is -2.36. The Morgan fingerprint density at radius 2 is 1.76 bits per heavy atom. The molecule has 5 heteroatoms. The van der Waals surface area contributed by atoms with Crippen molar-refractivity contribution >= 4 is 22.6 Å². The highest BCUT2D eigenvalue weighted by Crippen LogP contribution is 2.28. The third kappa shape index (κ3) is 3.31. The first kappa shape index (κ1) is 14.8. The average Bonchev–Trinajstić information content (AvgIpc) is 2.51. The molecular weight excluding hydrogens is 268 g/mol. The van der Waals surface area contributed by atoms with E-state index in [9.17, 15) is 9.59 Å². The maximum absolute atomic E-state index is 12.2. The molecule has 5 nitrogen and oxygen atoms in total. The third-order valence-corrected chi connectivity index (χ3v) is 3.13. The van der Waals surface area contributed by atoms with E-state index in [1.165, 1.54) is 0 Å². The number of nitrogens with one attached hydrogen (secondary N) is 2. The van der Waals surface area contributed by atoms with Gasteiger partial charge in [-0.25, -0.2) is 0 Å². The number of rotatable bonds is 5. The van der Waals surface area contributed by atoms with Crippen LogP contribution >= 0.6 is 0 Å². The molecule has 0 fully saturated rings. The van der Waals surface area contributed by atoms with Gasteiger partial charge in [0.1, 0.15) is 5.75 Å². The van der Waals surface area contributed by atoms with E-state index in [-0.39, 0.29) is 18.4 Å². The first-order valence-corrected chi connectivity index (χ1v) is 6.78. The standard InChI is InChI=1S/C16H18N2O3/c1-3-17-15(19)10-18-16(20)13-8-9-14(21-2)12-7-5-4-6-11(12)13/h4-9H,3,10H2,1-2H3,(H,17,19)(H,18,20). The Kier molecular flexibility index (Phi) is 4.77. The van der Waals surface area contributed by atoms with Crippen LogP contribution in [0.1, 0.15) is 17.3 Å². The number of likely N-dealkylation sites (N-methyl/N-ethyl adjacent to an activating group) is 1. The molecule has 0 saturated carbocycles. The molecule has 0 unspecified atom stereocenters. The smallest absolute Gasteiger partial charge is 0.252 e. The van der Waals surface area contributed by atoms with Gasteiger partial charge in [0.05, 0.1) is 13.7 Å². The van der Waals surface area contributed by atoms with E-state index in [2.05, 4.69) is 10.6 Å². The Bertz CT molecular complexity index is 668. The molecule has 0 saturated heterocycles. The van der Waals surface area contributed by atoms with Gasteiger partial charge in [0.15, 0.2) is 0 Å². The maximum atomic E-state index is 12.2. The van der Waals surface area contributed by atoms with Gasteiger partial charge in [-0.1, -0.05) is 24.3 Å². The van der Waals surface area contributed by atoms with Crippen LogP contribution in [0.3, 0.4) is 0 Å². The number of ether oxygens (including phenoxy) is 1. The molecule has 21 heavy (non-hydrogen) atoms. The molecule has 0 aliphatic heterocycles. The van der Waals surface area contributed by atoms with Gasteiger partial charge in [-0.2, -0.15) is 0 Å². The van der Waals surface area contributed by atoms with Crippen LogP contribution < -0.4 is 15.4 Å². The summed E-state index contributed by atoms with van der Waals surface area (Å²) in [6.45, 7) is 2.34. The van der Waals surface area contributed by atoms with Crippen molar-refractivity contribution in [3.63, 3.8) is 0 Å². The van der Waals surface area contributed by atoms with E-state index in [1.54, 1.807) is 19.2 Å². The topological polar surface area (TPSA) is 67.4 Å². The number of fused-ring (bicyclic) bond motifs is 1. The van der Waals surface area contributed by atoms with Crippen molar-refractivity contribution in [3.05, 3.63) is 42.0 Å². The number of benzene rings is 2. The third-order valence-electron chi connectivity index (χ3n) is 3.13. The monoisotopic (exact) mass is 286 g/mol. The predicted octanol–water partition coefficient (Wildman–Crippen LogP) is 1.71. The molecule has 0 radical (unpaired) electrons. The summed E-state index contributed by atoms with van der Waals surface area (Å²) in [6, 6.07) is 11.0. The van der Waals surface area contributed by atoms with Crippen LogP contribution in [0.2, 0.25) is 0 Å². The van der Waals surface area contributed by atoms with Crippen molar-refractivity contribution in [2.75, 3.05) is 20.2 Å². The zero-order chi connectivity index (χ0) is 15.2. The normalized spacial score (nSPS) is 10.2. The molecule has 0 heterocycles. The molecule has 0 atom stereocenters. The first-order chi connectivity index (χ1) is 10.2. The second-order valence-electron chi connectivity index (χ2n) is 4.50. The molecule has 0 aliphatic carbocycles. The van der Waals surface area contributed by atoms with Gasteiger partial charge in [-0.15, -0.1) is 0 Å². The lowest BCUT2D eigenvalue weighted by Gasteiger charge is -2.10. The van der Waals surface area contributed by atoms with E-state index < -0.39 is 0 Å². The minimum atomic E-state index is -0.278. The number of carbonyl (C=O) groups is 2. The van der Waals surface area contributed by atoms with Crippen molar-refractivity contribution in [1.82, 2.24) is 10.6 Å². The van der Waals surface area contributed by atoms with Crippen LogP contribution in [0.15, 0.2) is 36.4 Å². The van der Waals surface area contributed by atoms with Gasteiger partial charge in [-0.3, -0.25) is 9.59 Å². The van der Waals surface area contributed by atoms with Gasteiger partial charge in [0.25, 0.3) is 5.91 Å². The minimum absolute atomic E-state index is 0.0347. The first-order valence-electron chi connectivity index (χ1n) is 6.78. The highest BCUT2D eigenvalue weighted by Gasteiger charge is 2.13. The number of carbonyl (C=O) groups excluding carboxylic acids is 2. The van der Waals surface area contributed by atoms with Crippen molar-refractivity contribution in [2.24, 2.45) is 0 Å². The van der Waals surface area contributed by atoms with Gasteiger partial charge in [-0.05, 0) is 24.4 Å². The molecule has 0 spiro atoms. The quantitative estimate of drug-likeness (QED) is 0.879. The Balaban J connectivity index is 2.26. The zero-order valence-electron chi connectivity index (χ0n) is 12.1. The summed E-state index contributed by atoms with van der Waals surface area (Å²) in [4.78, 5) is 23.6. The summed E-state index contributed by atoms with van der Waals surface area (Å²) < 4.78 is 5.30. The summed E-state index contributed by atoms with van der Waals surface area (Å²) in [5, 5.41) is 6.92. The molecule has 0 aliphatic rings. The molecule has 0 aromatic heterocycles. The molecule has 2 N–H and O–H groups in total. The molecule has 2 rings (SSSR count). The van der Waals surface area contributed by atoms with Crippen molar-refractivity contribution in [3.8, 4) is 5.75 Å². The van der Waals surface area contributed by atoms with Crippen LogP contribution in [0.25, 0.3) is 10.8 Å². The van der Waals surface area contributed by atoms with Crippen molar-refractivity contribution < 1.29 is 14.3 Å². The van der Waals surface area contributed by atoms with Gasteiger partial charge in [0.2, 0.25) is 5.91 Å². The summed E-state index contributed by atoms with van der Waals surface area (Å²) >= 11 is 0. The molecule has 2 aromatic rings. The largest absolute Gasteiger partial charge is 0.496 e. The van der Waals surface area contributed by atoms with E-state index in [0.29, 0.717) is 17.9 Å². The molecule has 0 bridgehead atoms. The fourth-order valence-corrected chi connectivity index (χ4v) is 2.16. The van der Waals surface area contributed by atoms with Crippen LogP contribution in [-0.4, -0.2) is 32.0 Å². The summed E-state index contributed by atoms with van der Waals surface area (Å²) in [5.74, 6) is 0.231. The van der Waals surface area contributed by atoms with Crippen LogP contribution in [0.5, 0.6) is 5.75 Å². The lowest BCUT2D eigenvalue weighted by molar-refractivity contribution is -0.120. The number of methoxy groups -OCH3 is 1. The van der Waals surface area contributed by atoms with Crippen LogP contribution in [-0.2, 0) is 4.79 Å². The summed E-state index contributed by atoms with van der Waals surface area (Å²) in [6.07, 6.45) is 0. The fourth-order valence-electron chi connectivity index (χ4n) is 2.16. The Morgan fingerprint density at radius 3 is 2.43 bits per heavy atom. The molecule has 2 aromatic carbocycles. The Morgan fingerprint density at radius 1 is 1.05 bits per heavy atom. The summed E-state index contributed by atoms with van der Waals surface area (Å²) in [7, 11) is 1.59. The van der Waals surface area contributed by atoms with Gasteiger partial charge < -0.3 is 15.4 Å². The number of hydrogen-bond acceptors (Lipinski definition) is 3. The average molecular weight is 286 g/mol. The van der Waals surface area contributed by atoms with E-state index in [0.717, 1.165) is 10.8 Å². The lowest BCUT2D eigenvalue weighted by atomic mass is 10.0. The second kappa shape index (κ2) is 6.74. The van der Waals surface area contributed by atoms with E-state index >= 15 is 0 Å². The highest BCUT2D eigenvalue weighted by atomic mass is 16.5. The van der Waals surface area contributed by atoms with E-state index in [4.69, 9.17) is 4.74 Å². The molecule has 2 amide bonds. The van der Waals surface area contributed by atoms with Crippen molar-refractivity contribution in [1.29, 1.82) is 0 Å². The van der Waals surface area contributed by atoms with E-state index in [1.807, 2.05) is 31.2 Å². The predicted molar refractivity (Wildman–Crippen MR) is 81.5 cm³/mol. The molecular formula is C16H18N2O3. The number of amides is 2. The van der Waals surface area contributed by atoms with Crippen molar-refractivity contribution in [2.45, 2.75) is 6.92 Å². The van der Waals surface area contributed by atoms with Crippen LogP contribution in [0.4, 0.5) is 0 Å².